The van der Waals surface area contributed by atoms with Crippen LogP contribution >= 0.6 is 0 Å². The van der Waals surface area contributed by atoms with Gasteiger partial charge in [0, 0.05) is 17.5 Å². The maximum Gasteiger partial charge on any atom is 0.240 e. The molecule has 0 heterocycles. The number of rotatable bonds is 3. The van der Waals surface area contributed by atoms with Crippen molar-refractivity contribution in [2.45, 2.75) is 43.5 Å². The number of hydrogen-bond donors (Lipinski definition) is 1. The molecule has 0 aromatic heterocycles. The fourth-order valence-electron chi connectivity index (χ4n) is 3.13. The van der Waals surface area contributed by atoms with Crippen molar-refractivity contribution in [2.24, 2.45) is 5.92 Å². The van der Waals surface area contributed by atoms with Gasteiger partial charge in [-0.05, 0) is 44.0 Å². The molecule has 1 saturated carbocycles. The van der Waals surface area contributed by atoms with E-state index in [0.29, 0.717) is 4.90 Å². The summed E-state index contributed by atoms with van der Waals surface area (Å²) in [5, 5.41) is 0. The summed E-state index contributed by atoms with van der Waals surface area (Å²) < 4.78 is 28.2. The van der Waals surface area contributed by atoms with Crippen molar-refractivity contribution in [3.05, 3.63) is 65.7 Å². The number of aryl methyl sites for hydroxylation is 1. The fraction of sp³-hybridized carbons (Fsp3) is 0.333. The molecular formula is C21H23NO2S. The normalized spacial score (nSPS) is 20.5. The van der Waals surface area contributed by atoms with Crippen LogP contribution < -0.4 is 4.72 Å². The minimum atomic E-state index is -3.51. The SMILES string of the molecule is Cc1ccc(S(=O)(=O)N[C@H]2CCCC[C@@H]2C#Cc2ccccc2)cc1. The Morgan fingerprint density at radius 1 is 0.960 bits per heavy atom. The molecule has 4 heteroatoms. The van der Waals surface area contributed by atoms with Crippen LogP contribution in [0, 0.1) is 24.7 Å². The fourth-order valence-corrected chi connectivity index (χ4v) is 4.44. The first-order chi connectivity index (χ1) is 12.0. The van der Waals surface area contributed by atoms with Crippen LogP contribution in [0.3, 0.4) is 0 Å². The molecule has 0 amide bonds. The maximum atomic E-state index is 12.7. The van der Waals surface area contributed by atoms with E-state index in [4.69, 9.17) is 0 Å². The van der Waals surface area contributed by atoms with Gasteiger partial charge in [-0.25, -0.2) is 13.1 Å². The van der Waals surface area contributed by atoms with Crippen LogP contribution in [0.25, 0.3) is 0 Å². The molecule has 2 aromatic rings. The van der Waals surface area contributed by atoms with Crippen LogP contribution in [0.5, 0.6) is 0 Å². The van der Waals surface area contributed by atoms with Gasteiger partial charge in [-0.2, -0.15) is 0 Å². The molecule has 0 aliphatic heterocycles. The second-order valence-corrected chi connectivity index (χ2v) is 8.28. The van der Waals surface area contributed by atoms with Crippen LogP contribution in [0.2, 0.25) is 0 Å². The Labute approximate surface area is 150 Å². The second-order valence-electron chi connectivity index (χ2n) is 6.57. The molecule has 3 rings (SSSR count). The molecular weight excluding hydrogens is 330 g/mol. The van der Waals surface area contributed by atoms with Gasteiger partial charge >= 0.3 is 0 Å². The van der Waals surface area contributed by atoms with E-state index >= 15 is 0 Å². The molecule has 3 nitrogen and oxygen atoms in total. The first kappa shape index (κ1) is 17.7. The monoisotopic (exact) mass is 353 g/mol. The highest BCUT2D eigenvalue weighted by atomic mass is 32.2. The molecule has 1 fully saturated rings. The Hall–Kier alpha value is -2.09. The minimum absolute atomic E-state index is 0.0502. The molecule has 1 N–H and O–H groups in total. The Morgan fingerprint density at radius 2 is 1.64 bits per heavy atom. The average Bonchev–Trinajstić information content (AvgIpc) is 2.62. The largest absolute Gasteiger partial charge is 0.240 e. The van der Waals surface area contributed by atoms with Crippen molar-refractivity contribution in [2.75, 3.05) is 0 Å². The smallest absolute Gasteiger partial charge is 0.207 e. The topological polar surface area (TPSA) is 46.2 Å². The predicted octanol–water partition coefficient (Wildman–Crippen LogP) is 3.88. The lowest BCUT2D eigenvalue weighted by Gasteiger charge is -2.28. The summed E-state index contributed by atoms with van der Waals surface area (Å²) in [5.41, 5.74) is 2.01. The predicted molar refractivity (Wildman–Crippen MR) is 101 cm³/mol. The average molecular weight is 353 g/mol. The summed E-state index contributed by atoms with van der Waals surface area (Å²) in [6.07, 6.45) is 3.89. The molecule has 0 unspecified atom stereocenters. The molecule has 0 radical (unpaired) electrons. The van der Waals surface area contributed by atoms with Gasteiger partial charge in [0.05, 0.1) is 4.90 Å². The molecule has 130 valence electrons. The highest BCUT2D eigenvalue weighted by molar-refractivity contribution is 7.89. The Morgan fingerprint density at radius 3 is 2.36 bits per heavy atom. The van der Waals surface area contributed by atoms with Crippen molar-refractivity contribution >= 4 is 10.0 Å². The van der Waals surface area contributed by atoms with Crippen molar-refractivity contribution in [1.29, 1.82) is 0 Å². The highest BCUT2D eigenvalue weighted by Crippen LogP contribution is 2.25. The second kappa shape index (κ2) is 7.86. The number of benzene rings is 2. The summed E-state index contributed by atoms with van der Waals surface area (Å²) in [5.74, 6) is 6.54. The van der Waals surface area contributed by atoms with E-state index < -0.39 is 10.0 Å². The summed E-state index contributed by atoms with van der Waals surface area (Å²) in [6, 6.07) is 16.7. The molecule has 25 heavy (non-hydrogen) atoms. The van der Waals surface area contributed by atoms with Gasteiger partial charge in [-0.15, -0.1) is 0 Å². The van der Waals surface area contributed by atoms with Gasteiger partial charge in [0.15, 0.2) is 0 Å². The zero-order chi connectivity index (χ0) is 17.7. The quantitative estimate of drug-likeness (QED) is 0.851. The first-order valence-electron chi connectivity index (χ1n) is 8.70. The van der Waals surface area contributed by atoms with Gasteiger partial charge < -0.3 is 0 Å². The lowest BCUT2D eigenvalue weighted by molar-refractivity contribution is 0.348. The summed E-state index contributed by atoms with van der Waals surface area (Å²) in [6.45, 7) is 1.94. The van der Waals surface area contributed by atoms with E-state index in [9.17, 15) is 8.42 Å². The van der Waals surface area contributed by atoms with E-state index in [2.05, 4.69) is 16.6 Å². The van der Waals surface area contributed by atoms with Crippen LogP contribution in [0.15, 0.2) is 59.5 Å². The van der Waals surface area contributed by atoms with Gasteiger partial charge in [-0.1, -0.05) is 60.6 Å². The summed E-state index contributed by atoms with van der Waals surface area (Å²) in [7, 11) is -3.51. The summed E-state index contributed by atoms with van der Waals surface area (Å²) in [4.78, 5) is 0.318. The Kier molecular flexibility index (Phi) is 5.57. The maximum absolute atomic E-state index is 12.7. The molecule has 1 aliphatic carbocycles. The van der Waals surface area contributed by atoms with Gasteiger partial charge in [0.1, 0.15) is 0 Å². The number of nitrogens with one attached hydrogen (secondary N) is 1. The van der Waals surface area contributed by atoms with Crippen LogP contribution in [0.4, 0.5) is 0 Å². The third-order valence-electron chi connectivity index (χ3n) is 4.58. The molecule has 0 spiro atoms. The first-order valence-corrected chi connectivity index (χ1v) is 10.2. The van der Waals surface area contributed by atoms with E-state index in [-0.39, 0.29) is 12.0 Å². The van der Waals surface area contributed by atoms with Gasteiger partial charge in [-0.3, -0.25) is 0 Å². The van der Waals surface area contributed by atoms with Crippen LogP contribution in [-0.4, -0.2) is 14.5 Å². The molecule has 2 aromatic carbocycles. The molecule has 0 bridgehead atoms. The van der Waals surface area contributed by atoms with Crippen molar-refractivity contribution in [3.63, 3.8) is 0 Å². The number of sulfonamides is 1. The standard InChI is InChI=1S/C21H23NO2S/c1-17-11-15-20(16-12-17)25(23,24)22-21-10-6-5-9-19(21)14-13-18-7-3-2-4-8-18/h2-4,7-8,11-12,15-16,19,21-22H,5-6,9-10H2,1H3/t19-,21+/m1/s1. The minimum Gasteiger partial charge on any atom is -0.207 e. The van der Waals surface area contributed by atoms with E-state index in [0.717, 1.165) is 36.8 Å². The van der Waals surface area contributed by atoms with E-state index in [1.54, 1.807) is 12.1 Å². The Balaban J connectivity index is 1.77. The number of hydrogen-bond acceptors (Lipinski definition) is 2. The lowest BCUT2D eigenvalue weighted by atomic mass is 9.85. The highest BCUT2D eigenvalue weighted by Gasteiger charge is 2.28. The molecule has 1 aliphatic rings. The van der Waals surface area contributed by atoms with Crippen LogP contribution in [0.1, 0.15) is 36.8 Å². The summed E-state index contributed by atoms with van der Waals surface area (Å²) >= 11 is 0. The van der Waals surface area contributed by atoms with Crippen molar-refractivity contribution < 1.29 is 8.42 Å². The van der Waals surface area contributed by atoms with E-state index in [1.165, 1.54) is 0 Å². The van der Waals surface area contributed by atoms with Crippen LogP contribution in [-0.2, 0) is 10.0 Å². The Bertz CT molecular complexity index is 862. The zero-order valence-corrected chi connectivity index (χ0v) is 15.2. The third-order valence-corrected chi connectivity index (χ3v) is 6.09. The van der Waals surface area contributed by atoms with Gasteiger partial charge in [0.2, 0.25) is 10.0 Å². The van der Waals surface area contributed by atoms with Gasteiger partial charge in [0.25, 0.3) is 0 Å². The zero-order valence-electron chi connectivity index (χ0n) is 14.4. The third kappa shape index (κ3) is 4.72. The lowest BCUT2D eigenvalue weighted by Crippen LogP contribution is -2.41. The van der Waals surface area contributed by atoms with Crippen molar-refractivity contribution in [3.8, 4) is 11.8 Å². The molecule has 0 saturated heterocycles. The van der Waals surface area contributed by atoms with E-state index in [1.807, 2.05) is 49.4 Å². The van der Waals surface area contributed by atoms with Crippen molar-refractivity contribution in [1.82, 2.24) is 4.72 Å². The molecule has 2 atom stereocenters.